The summed E-state index contributed by atoms with van der Waals surface area (Å²) in [6, 6.07) is 12.3. The maximum atomic E-state index is 12.9. The molecular formula is C24H31N3O5S. The van der Waals surface area contributed by atoms with Crippen LogP contribution in [0.2, 0.25) is 0 Å². The fraction of sp³-hybridized carbons (Fsp3) is 0.417. The van der Waals surface area contributed by atoms with Crippen molar-refractivity contribution in [2.45, 2.75) is 38.0 Å². The van der Waals surface area contributed by atoms with Gasteiger partial charge >= 0.3 is 0 Å². The number of hydrogen-bond acceptors (Lipinski definition) is 5. The molecule has 178 valence electrons. The average molecular weight is 474 g/mol. The highest BCUT2D eigenvalue weighted by atomic mass is 32.2. The van der Waals surface area contributed by atoms with Gasteiger partial charge in [0.1, 0.15) is 10.6 Å². The number of hydrogen-bond donors (Lipinski definition) is 1. The highest BCUT2D eigenvalue weighted by Gasteiger charge is 2.35. The minimum atomic E-state index is -3.77. The van der Waals surface area contributed by atoms with Gasteiger partial charge in [0.25, 0.3) is 0 Å². The van der Waals surface area contributed by atoms with Crippen LogP contribution in [0, 0.1) is 5.92 Å². The number of anilines is 2. The third-order valence-electron chi connectivity index (χ3n) is 5.55. The SMILES string of the molecule is CCCc1ccc(N2CC(C(=O)Nc3ccc(OCC)c(S(=O)(=O)N(C)C)c3)CC2=O)cc1. The lowest BCUT2D eigenvalue weighted by Crippen LogP contribution is -2.28. The number of benzene rings is 2. The van der Waals surface area contributed by atoms with Gasteiger partial charge in [0.15, 0.2) is 0 Å². The lowest BCUT2D eigenvalue weighted by atomic mass is 10.1. The zero-order valence-electron chi connectivity index (χ0n) is 19.5. The van der Waals surface area contributed by atoms with Crippen LogP contribution in [0.15, 0.2) is 47.4 Å². The molecule has 2 amide bonds. The molecule has 8 nitrogen and oxygen atoms in total. The summed E-state index contributed by atoms with van der Waals surface area (Å²) in [5, 5.41) is 2.77. The number of nitrogens with one attached hydrogen (secondary N) is 1. The van der Waals surface area contributed by atoms with E-state index in [4.69, 9.17) is 4.74 Å². The minimum absolute atomic E-state index is 0.0246. The molecule has 0 bridgehead atoms. The Hall–Kier alpha value is -2.91. The number of rotatable bonds is 9. The molecule has 0 aliphatic carbocycles. The molecule has 0 aromatic heterocycles. The maximum Gasteiger partial charge on any atom is 0.246 e. The first kappa shape index (κ1) is 24.7. The molecule has 1 saturated heterocycles. The van der Waals surface area contributed by atoms with E-state index < -0.39 is 15.9 Å². The molecule has 2 aromatic rings. The van der Waals surface area contributed by atoms with Crippen molar-refractivity contribution in [2.75, 3.05) is 37.5 Å². The van der Waals surface area contributed by atoms with Gasteiger partial charge in [0.2, 0.25) is 21.8 Å². The molecule has 1 atom stereocenters. The Kier molecular flexibility index (Phi) is 7.76. The van der Waals surface area contributed by atoms with Crippen molar-refractivity contribution in [1.29, 1.82) is 0 Å². The Balaban J connectivity index is 1.75. The van der Waals surface area contributed by atoms with Crippen molar-refractivity contribution < 1.29 is 22.7 Å². The van der Waals surface area contributed by atoms with E-state index in [1.807, 2.05) is 24.3 Å². The van der Waals surface area contributed by atoms with E-state index in [9.17, 15) is 18.0 Å². The molecule has 1 aliphatic rings. The Bertz CT molecular complexity index is 1110. The topological polar surface area (TPSA) is 96.0 Å². The van der Waals surface area contributed by atoms with Gasteiger partial charge < -0.3 is 15.0 Å². The molecule has 0 spiro atoms. The molecule has 2 aromatic carbocycles. The van der Waals surface area contributed by atoms with Crippen LogP contribution in [0.3, 0.4) is 0 Å². The molecule has 0 saturated carbocycles. The molecule has 33 heavy (non-hydrogen) atoms. The Morgan fingerprint density at radius 1 is 1.15 bits per heavy atom. The lowest BCUT2D eigenvalue weighted by Gasteiger charge is -2.18. The van der Waals surface area contributed by atoms with Gasteiger partial charge in [-0.25, -0.2) is 12.7 Å². The summed E-state index contributed by atoms with van der Waals surface area (Å²) in [6.07, 6.45) is 2.13. The zero-order chi connectivity index (χ0) is 24.2. The van der Waals surface area contributed by atoms with Crippen molar-refractivity contribution in [1.82, 2.24) is 4.31 Å². The van der Waals surface area contributed by atoms with E-state index in [-0.39, 0.29) is 35.4 Å². The average Bonchev–Trinajstić information content (AvgIpc) is 3.17. The summed E-state index contributed by atoms with van der Waals surface area (Å²) in [5.74, 6) is -0.752. The van der Waals surface area contributed by atoms with E-state index >= 15 is 0 Å². The van der Waals surface area contributed by atoms with Crippen LogP contribution >= 0.6 is 0 Å². The summed E-state index contributed by atoms with van der Waals surface area (Å²) in [5.41, 5.74) is 2.32. The molecule has 1 aliphatic heterocycles. The number of sulfonamides is 1. The summed E-state index contributed by atoms with van der Waals surface area (Å²) >= 11 is 0. The Morgan fingerprint density at radius 2 is 1.85 bits per heavy atom. The third kappa shape index (κ3) is 5.54. The number of aryl methyl sites for hydroxylation is 1. The normalized spacial score (nSPS) is 16.3. The van der Waals surface area contributed by atoms with Crippen LogP contribution in [0.5, 0.6) is 5.75 Å². The third-order valence-corrected chi connectivity index (χ3v) is 7.39. The van der Waals surface area contributed by atoms with E-state index in [1.54, 1.807) is 17.9 Å². The number of nitrogens with zero attached hydrogens (tertiary/aromatic N) is 2. The first-order valence-corrected chi connectivity index (χ1v) is 12.5. The number of carbonyl (C=O) groups excluding carboxylic acids is 2. The molecule has 3 rings (SSSR count). The van der Waals surface area contributed by atoms with Gasteiger partial charge in [-0.2, -0.15) is 0 Å². The van der Waals surface area contributed by atoms with E-state index in [0.717, 1.165) is 22.8 Å². The van der Waals surface area contributed by atoms with Crippen molar-refractivity contribution in [3.05, 3.63) is 48.0 Å². The largest absolute Gasteiger partial charge is 0.492 e. The van der Waals surface area contributed by atoms with Gasteiger partial charge in [0, 0.05) is 38.4 Å². The quantitative estimate of drug-likeness (QED) is 0.603. The smallest absolute Gasteiger partial charge is 0.246 e. The number of amides is 2. The predicted octanol–water partition coefficient (Wildman–Crippen LogP) is 3.28. The van der Waals surface area contributed by atoms with Crippen LogP contribution in [-0.2, 0) is 26.0 Å². The van der Waals surface area contributed by atoms with Crippen molar-refractivity contribution >= 4 is 33.2 Å². The maximum absolute atomic E-state index is 12.9. The summed E-state index contributed by atoms with van der Waals surface area (Å²) in [6.45, 7) is 4.46. The summed E-state index contributed by atoms with van der Waals surface area (Å²) < 4.78 is 32.0. The molecule has 1 heterocycles. The fourth-order valence-corrected chi connectivity index (χ4v) is 4.82. The van der Waals surface area contributed by atoms with Crippen LogP contribution in [0.25, 0.3) is 0 Å². The van der Waals surface area contributed by atoms with E-state index in [1.165, 1.54) is 31.8 Å². The predicted molar refractivity (Wildman–Crippen MR) is 128 cm³/mol. The van der Waals surface area contributed by atoms with Crippen LogP contribution in [0.1, 0.15) is 32.3 Å². The Labute approximate surface area is 195 Å². The van der Waals surface area contributed by atoms with Crippen molar-refractivity contribution in [3.8, 4) is 5.75 Å². The molecule has 1 fully saturated rings. The molecule has 0 radical (unpaired) electrons. The van der Waals surface area contributed by atoms with Gasteiger partial charge in [-0.15, -0.1) is 0 Å². The summed E-state index contributed by atoms with van der Waals surface area (Å²) in [7, 11) is -0.905. The van der Waals surface area contributed by atoms with Crippen LogP contribution in [0.4, 0.5) is 11.4 Å². The molecule has 9 heteroatoms. The standard InChI is InChI=1S/C24H31N3O5S/c1-5-7-17-8-11-20(12-9-17)27-16-18(14-23(27)28)24(29)25-19-10-13-21(32-6-2)22(15-19)33(30,31)26(3)4/h8-13,15,18H,5-7,14,16H2,1-4H3,(H,25,29). The lowest BCUT2D eigenvalue weighted by molar-refractivity contribution is -0.122. The highest BCUT2D eigenvalue weighted by Crippen LogP contribution is 2.31. The first-order valence-electron chi connectivity index (χ1n) is 11.1. The zero-order valence-corrected chi connectivity index (χ0v) is 20.3. The van der Waals surface area contributed by atoms with Gasteiger partial charge in [-0.1, -0.05) is 25.5 Å². The molecule has 1 N–H and O–H groups in total. The molecule has 1 unspecified atom stereocenters. The minimum Gasteiger partial charge on any atom is -0.492 e. The number of ether oxygens (including phenoxy) is 1. The molecular weight excluding hydrogens is 442 g/mol. The van der Waals surface area contributed by atoms with Crippen LogP contribution < -0.4 is 15.0 Å². The number of carbonyl (C=O) groups is 2. The summed E-state index contributed by atoms with van der Waals surface area (Å²) in [4.78, 5) is 27.1. The van der Waals surface area contributed by atoms with Gasteiger partial charge in [-0.3, -0.25) is 9.59 Å². The van der Waals surface area contributed by atoms with E-state index in [2.05, 4.69) is 12.2 Å². The van der Waals surface area contributed by atoms with Crippen molar-refractivity contribution in [3.63, 3.8) is 0 Å². The highest BCUT2D eigenvalue weighted by molar-refractivity contribution is 7.89. The fourth-order valence-electron chi connectivity index (χ4n) is 3.77. The second-order valence-corrected chi connectivity index (χ2v) is 10.3. The second kappa shape index (κ2) is 10.4. The van der Waals surface area contributed by atoms with Crippen LogP contribution in [-0.4, -0.2) is 51.8 Å². The Morgan fingerprint density at radius 3 is 2.45 bits per heavy atom. The van der Waals surface area contributed by atoms with Gasteiger partial charge in [0.05, 0.1) is 12.5 Å². The first-order chi connectivity index (χ1) is 15.7. The second-order valence-electron chi connectivity index (χ2n) is 8.19. The van der Waals surface area contributed by atoms with Crippen molar-refractivity contribution in [2.24, 2.45) is 5.92 Å². The monoisotopic (exact) mass is 473 g/mol. The van der Waals surface area contributed by atoms with Gasteiger partial charge in [-0.05, 0) is 49.2 Å². The van der Waals surface area contributed by atoms with E-state index in [0.29, 0.717) is 12.3 Å².